The van der Waals surface area contributed by atoms with E-state index in [1.54, 1.807) is 0 Å². The van der Waals surface area contributed by atoms with Crippen molar-refractivity contribution in [1.29, 1.82) is 0 Å². The van der Waals surface area contributed by atoms with Crippen molar-refractivity contribution >= 4 is 51.4 Å². The van der Waals surface area contributed by atoms with Crippen LogP contribution >= 0.6 is 21.6 Å². The van der Waals surface area contributed by atoms with Crippen molar-refractivity contribution in [3.05, 3.63) is 0 Å². The highest BCUT2D eigenvalue weighted by molar-refractivity contribution is 8.76. The minimum Gasteiger partial charge on any atom is -0.466 e. The third-order valence-corrected chi connectivity index (χ3v) is 19.3. The van der Waals surface area contributed by atoms with Crippen LogP contribution in [0.15, 0.2) is 0 Å². The van der Waals surface area contributed by atoms with Crippen LogP contribution in [-0.2, 0) is 47.7 Å². The standard InChI is InChI=1S/C68H130N4O14S2/c1-7-13-47-82-64(77)34-21-17-15-19-30-60(73)54-72(55-61(74)31-20-16-18-22-35-65(78)83-48-14-8-2)40-29-38-66(79)84-49-45-69-41-43-70(44-42-69)46-51-88-87-50-28-27-39-71(52-62(75)32-23-25-36-67(80)85-56-58(9-3)10-4)53-63(76)33-24-26-37-68(81)86-57-59(11-5)12-6/h58-63,73-76H,7-57H2,1-6H3. The number of ether oxygens (including phenoxy) is 5. The topological polar surface area (TPSA) is 225 Å². The Labute approximate surface area is 542 Å². The number of hydrogen-bond acceptors (Lipinski definition) is 20. The van der Waals surface area contributed by atoms with Gasteiger partial charge in [-0.1, -0.05) is 153 Å². The lowest BCUT2D eigenvalue weighted by Gasteiger charge is -2.34. The fraction of sp³-hybridized carbons (Fsp3) is 0.926. The lowest BCUT2D eigenvalue weighted by atomic mass is 10.1. The van der Waals surface area contributed by atoms with E-state index in [2.05, 4.69) is 61.1 Å². The molecular formula is C68H130N4O14S2. The lowest BCUT2D eigenvalue weighted by Crippen LogP contribution is -2.47. The molecule has 0 aromatic heterocycles. The molecule has 0 spiro atoms. The van der Waals surface area contributed by atoms with Gasteiger partial charge in [0.15, 0.2) is 0 Å². The van der Waals surface area contributed by atoms with Crippen LogP contribution in [0, 0.1) is 11.8 Å². The van der Waals surface area contributed by atoms with Crippen LogP contribution in [0.5, 0.6) is 0 Å². The summed E-state index contributed by atoms with van der Waals surface area (Å²) in [5, 5.41) is 44.2. The smallest absolute Gasteiger partial charge is 0.305 e. The average Bonchev–Trinajstić information content (AvgIpc) is 3.59. The molecule has 1 fully saturated rings. The van der Waals surface area contributed by atoms with Gasteiger partial charge in [0.2, 0.25) is 0 Å². The third-order valence-electron chi connectivity index (χ3n) is 16.9. The van der Waals surface area contributed by atoms with E-state index in [1.165, 1.54) is 0 Å². The van der Waals surface area contributed by atoms with E-state index in [1.807, 2.05) is 21.6 Å². The van der Waals surface area contributed by atoms with Gasteiger partial charge in [-0.05, 0) is 108 Å². The SMILES string of the molecule is CCCCOC(=O)CCCCCCC(O)CN(CCCC(=O)OCCN1CCN(CCSSCCCCN(CC(O)CCCCC(=O)OCC(CC)CC)CC(O)CCCCC(=O)OCC(CC)CC)CC1)CC(O)CCCCCCC(=O)OCCCC. The number of aliphatic hydroxyl groups excluding tert-OH is 4. The first-order valence-electron chi connectivity index (χ1n) is 35.3. The van der Waals surface area contributed by atoms with Gasteiger partial charge in [0, 0.05) is 109 Å². The van der Waals surface area contributed by atoms with E-state index in [0.29, 0.717) is 155 Å². The molecule has 0 saturated carbocycles. The first kappa shape index (κ1) is 83.7. The Balaban J connectivity index is 2.46. The number of piperazine rings is 1. The molecule has 1 aliphatic heterocycles. The molecule has 4 N–H and O–H groups in total. The Hall–Kier alpha value is -2.27. The molecule has 1 aliphatic rings. The van der Waals surface area contributed by atoms with Crippen LogP contribution in [0.25, 0.3) is 0 Å². The average molecular weight is 1290 g/mol. The zero-order chi connectivity index (χ0) is 64.7. The van der Waals surface area contributed by atoms with Crippen LogP contribution in [0.3, 0.4) is 0 Å². The van der Waals surface area contributed by atoms with Gasteiger partial charge in [-0.3, -0.25) is 43.6 Å². The number of carbonyl (C=O) groups excluding carboxylic acids is 5. The van der Waals surface area contributed by atoms with Crippen LogP contribution < -0.4 is 0 Å². The number of nitrogens with zero attached hydrogens (tertiary/aromatic N) is 4. The molecule has 4 unspecified atom stereocenters. The van der Waals surface area contributed by atoms with Crippen LogP contribution in [-0.4, -0.2) is 217 Å². The van der Waals surface area contributed by atoms with Gasteiger partial charge in [-0.25, -0.2) is 0 Å². The predicted molar refractivity (Wildman–Crippen MR) is 358 cm³/mol. The van der Waals surface area contributed by atoms with Crippen molar-refractivity contribution in [3.63, 3.8) is 0 Å². The van der Waals surface area contributed by atoms with Crippen molar-refractivity contribution in [1.82, 2.24) is 19.6 Å². The summed E-state index contributed by atoms with van der Waals surface area (Å²) >= 11 is 0. The fourth-order valence-corrected chi connectivity index (χ4v) is 12.8. The molecule has 0 radical (unpaired) electrons. The molecule has 1 rings (SSSR count). The van der Waals surface area contributed by atoms with E-state index in [9.17, 15) is 44.4 Å². The predicted octanol–water partition coefficient (Wildman–Crippen LogP) is 11.6. The summed E-state index contributed by atoms with van der Waals surface area (Å²) < 4.78 is 27.2. The van der Waals surface area contributed by atoms with Gasteiger partial charge in [0.05, 0.1) is 50.8 Å². The van der Waals surface area contributed by atoms with Gasteiger partial charge in [-0.2, -0.15) is 0 Å². The summed E-state index contributed by atoms with van der Waals surface area (Å²) in [6, 6.07) is 0. The molecular weight excluding hydrogens is 1160 g/mol. The van der Waals surface area contributed by atoms with Gasteiger partial charge >= 0.3 is 29.8 Å². The van der Waals surface area contributed by atoms with Crippen molar-refractivity contribution in [3.8, 4) is 0 Å². The Morgan fingerprint density at radius 1 is 0.375 bits per heavy atom. The molecule has 0 bridgehead atoms. The van der Waals surface area contributed by atoms with E-state index < -0.39 is 24.4 Å². The zero-order valence-electron chi connectivity index (χ0n) is 56.5. The zero-order valence-corrected chi connectivity index (χ0v) is 58.1. The second-order valence-electron chi connectivity index (χ2n) is 24.8. The molecule has 18 nitrogen and oxygen atoms in total. The first-order valence-corrected chi connectivity index (χ1v) is 37.8. The summed E-state index contributed by atoms with van der Waals surface area (Å²) in [5.74, 6) is 2.01. The van der Waals surface area contributed by atoms with E-state index >= 15 is 0 Å². The molecule has 1 saturated heterocycles. The number of carbonyl (C=O) groups is 5. The minimum absolute atomic E-state index is 0.140. The van der Waals surface area contributed by atoms with Gasteiger partial charge in [0.1, 0.15) is 6.61 Å². The molecule has 518 valence electrons. The molecule has 1 heterocycles. The van der Waals surface area contributed by atoms with Crippen molar-refractivity contribution in [2.24, 2.45) is 11.8 Å². The second kappa shape index (κ2) is 58.5. The van der Waals surface area contributed by atoms with Crippen LogP contribution in [0.4, 0.5) is 0 Å². The van der Waals surface area contributed by atoms with Gasteiger partial charge < -0.3 is 44.1 Å². The molecule has 20 heteroatoms. The summed E-state index contributed by atoms with van der Waals surface area (Å²) in [6.45, 7) is 23.5. The van der Waals surface area contributed by atoms with Crippen molar-refractivity contribution < 1.29 is 68.1 Å². The highest BCUT2D eigenvalue weighted by atomic mass is 33.1. The molecule has 0 aromatic carbocycles. The maximum atomic E-state index is 12.9. The third kappa shape index (κ3) is 50.3. The monoisotopic (exact) mass is 1290 g/mol. The number of esters is 5. The number of unbranched alkanes of at least 4 members (excludes halogenated alkanes) is 11. The lowest BCUT2D eigenvalue weighted by molar-refractivity contribution is -0.146. The van der Waals surface area contributed by atoms with Crippen LogP contribution in [0.1, 0.15) is 247 Å². The Bertz CT molecular complexity index is 1590. The number of aliphatic hydroxyl groups is 4. The first-order chi connectivity index (χ1) is 42.6. The van der Waals surface area contributed by atoms with Gasteiger partial charge in [0.25, 0.3) is 0 Å². The Kier molecular flexibility index (Phi) is 55.7. The van der Waals surface area contributed by atoms with Gasteiger partial charge in [-0.15, -0.1) is 0 Å². The van der Waals surface area contributed by atoms with E-state index in [4.69, 9.17) is 23.7 Å². The molecule has 0 amide bonds. The largest absolute Gasteiger partial charge is 0.466 e. The van der Waals surface area contributed by atoms with E-state index in [0.717, 1.165) is 179 Å². The molecule has 0 aromatic rings. The molecule has 4 atom stereocenters. The fourth-order valence-electron chi connectivity index (χ4n) is 10.6. The molecule has 0 aliphatic carbocycles. The summed E-state index contributed by atoms with van der Waals surface area (Å²) in [6.07, 6.45) is 22.0. The quantitative estimate of drug-likeness (QED) is 0.0192. The highest BCUT2D eigenvalue weighted by Crippen LogP contribution is 2.23. The normalized spacial score (nSPS) is 14.6. The summed E-state index contributed by atoms with van der Waals surface area (Å²) in [4.78, 5) is 70.4. The minimum atomic E-state index is -0.565. The second-order valence-corrected chi connectivity index (χ2v) is 27.5. The number of hydrogen-bond donors (Lipinski definition) is 4. The molecule has 88 heavy (non-hydrogen) atoms. The van der Waals surface area contributed by atoms with Crippen molar-refractivity contribution in [2.45, 2.75) is 271 Å². The summed E-state index contributed by atoms with van der Waals surface area (Å²) in [7, 11) is 3.81. The number of rotatable bonds is 62. The highest BCUT2D eigenvalue weighted by Gasteiger charge is 2.21. The Morgan fingerprint density at radius 3 is 1.11 bits per heavy atom. The maximum absolute atomic E-state index is 12.9. The van der Waals surface area contributed by atoms with Crippen molar-refractivity contribution in [2.75, 3.05) is 123 Å². The Morgan fingerprint density at radius 2 is 0.705 bits per heavy atom. The maximum Gasteiger partial charge on any atom is 0.305 e. The van der Waals surface area contributed by atoms with E-state index in [-0.39, 0.29) is 36.3 Å². The van der Waals surface area contributed by atoms with Crippen LogP contribution in [0.2, 0.25) is 0 Å². The summed E-state index contributed by atoms with van der Waals surface area (Å²) in [5.41, 5.74) is 0.